The van der Waals surface area contributed by atoms with E-state index in [9.17, 15) is 0 Å². The highest BCUT2D eigenvalue weighted by Gasteiger charge is 2.41. The summed E-state index contributed by atoms with van der Waals surface area (Å²) >= 11 is 0. The van der Waals surface area contributed by atoms with Crippen LogP contribution in [0.3, 0.4) is 0 Å². The summed E-state index contributed by atoms with van der Waals surface area (Å²) in [5.41, 5.74) is -0.256. The fourth-order valence-corrected chi connectivity index (χ4v) is 2.05. The lowest BCUT2D eigenvalue weighted by atomic mass is 9.82. The van der Waals surface area contributed by atoms with Gasteiger partial charge in [0.2, 0.25) is 0 Å². The number of hydrogen-bond donors (Lipinski definition) is 0. The molecule has 80 valence electrons. The van der Waals surface area contributed by atoms with E-state index in [2.05, 4.69) is 27.7 Å². The Kier molecular flexibility index (Phi) is 4.62. The zero-order valence-electron chi connectivity index (χ0n) is 10.1. The van der Waals surface area contributed by atoms with Gasteiger partial charge >= 0.3 is 0 Å². The van der Waals surface area contributed by atoms with Crippen molar-refractivity contribution in [3.05, 3.63) is 0 Å². The minimum Gasteiger partial charge on any atom is -0.358 e. The van der Waals surface area contributed by atoms with E-state index in [1.165, 1.54) is 0 Å². The van der Waals surface area contributed by atoms with Crippen LogP contribution < -0.4 is 0 Å². The first-order valence-corrected chi connectivity index (χ1v) is 5.89. The zero-order chi connectivity index (χ0) is 10.7. The molecule has 0 unspecified atom stereocenters. The average molecular weight is 204 g/mol. The van der Waals surface area contributed by atoms with E-state index in [1.807, 2.05) is 0 Å². The van der Waals surface area contributed by atoms with Crippen molar-refractivity contribution in [1.82, 2.24) is 0 Å². The third kappa shape index (κ3) is 3.08. The lowest BCUT2D eigenvalue weighted by Crippen LogP contribution is -2.49. The van der Waals surface area contributed by atoms with Crippen LogP contribution in [0.5, 0.6) is 0 Å². The predicted octanol–water partition coefficient (Wildman–Crippen LogP) is 1.37. The van der Waals surface area contributed by atoms with E-state index in [4.69, 9.17) is 9.47 Å². The van der Waals surface area contributed by atoms with Gasteiger partial charge in [-0.25, -0.2) is 0 Å². The number of rotatable bonds is 5. The molecule has 0 spiro atoms. The lowest BCUT2D eigenvalue weighted by Gasteiger charge is -2.43. The highest BCUT2D eigenvalue weighted by atomic mass is 28.1. The van der Waals surface area contributed by atoms with E-state index in [-0.39, 0.29) is 10.8 Å². The Morgan fingerprint density at radius 1 is 1.15 bits per heavy atom. The second-order valence-corrected chi connectivity index (χ2v) is 6.15. The van der Waals surface area contributed by atoms with Crippen molar-refractivity contribution in [2.75, 3.05) is 14.2 Å². The van der Waals surface area contributed by atoms with Gasteiger partial charge in [0.05, 0.1) is 10.2 Å². The molecule has 0 aromatic heterocycles. The molecule has 0 aliphatic carbocycles. The highest BCUT2D eigenvalue weighted by molar-refractivity contribution is 6.14. The molecule has 0 fully saturated rings. The molecule has 0 amide bonds. The van der Waals surface area contributed by atoms with Crippen LogP contribution >= 0.6 is 0 Å². The van der Waals surface area contributed by atoms with E-state index in [1.54, 1.807) is 14.2 Å². The summed E-state index contributed by atoms with van der Waals surface area (Å²) < 4.78 is 11.0. The Bertz CT molecular complexity index is 151. The van der Waals surface area contributed by atoms with Crippen molar-refractivity contribution in [3.63, 3.8) is 0 Å². The molecule has 0 radical (unpaired) electrons. The van der Waals surface area contributed by atoms with Crippen LogP contribution in [-0.4, -0.2) is 29.9 Å². The van der Waals surface area contributed by atoms with Crippen molar-refractivity contribution in [1.29, 1.82) is 0 Å². The molecule has 0 aliphatic heterocycles. The average Bonchev–Trinajstić information content (AvgIpc) is 2.00. The van der Waals surface area contributed by atoms with E-state index in [0.29, 0.717) is 5.92 Å². The summed E-state index contributed by atoms with van der Waals surface area (Å²) in [6.45, 7) is 8.89. The first-order valence-electron chi connectivity index (χ1n) is 4.89. The third-order valence-corrected chi connectivity index (χ3v) is 5.10. The second kappa shape index (κ2) is 4.58. The Hall–Kier alpha value is 0.137. The quantitative estimate of drug-likeness (QED) is 0.497. The van der Waals surface area contributed by atoms with E-state index >= 15 is 0 Å². The van der Waals surface area contributed by atoms with Crippen molar-refractivity contribution >= 4 is 10.2 Å². The molecule has 0 aromatic rings. The summed E-state index contributed by atoms with van der Waals surface area (Å²) in [4.78, 5) is 0. The molecule has 3 heteroatoms. The van der Waals surface area contributed by atoms with Gasteiger partial charge in [0.25, 0.3) is 0 Å². The normalized spacial score (nSPS) is 14.1. The van der Waals surface area contributed by atoms with Crippen LogP contribution in [0, 0.1) is 11.3 Å². The maximum atomic E-state index is 5.49. The second-order valence-electron chi connectivity index (χ2n) is 4.84. The van der Waals surface area contributed by atoms with Crippen LogP contribution in [0.25, 0.3) is 0 Å². The molecule has 0 bridgehead atoms. The Morgan fingerprint density at radius 2 is 1.54 bits per heavy atom. The minimum atomic E-state index is -0.350. The van der Waals surface area contributed by atoms with E-state index in [0.717, 1.165) is 16.7 Å². The molecule has 0 N–H and O–H groups in total. The fourth-order valence-electron chi connectivity index (χ4n) is 1.84. The Labute approximate surface area is 85.4 Å². The van der Waals surface area contributed by atoms with Gasteiger partial charge in [-0.3, -0.25) is 0 Å². The van der Waals surface area contributed by atoms with E-state index < -0.39 is 0 Å². The van der Waals surface area contributed by atoms with Gasteiger partial charge in [0.15, 0.2) is 0 Å². The summed E-state index contributed by atoms with van der Waals surface area (Å²) in [5, 5.41) is 0. The maximum absolute atomic E-state index is 5.49. The van der Waals surface area contributed by atoms with Crippen LogP contribution in [0.2, 0.25) is 0 Å². The van der Waals surface area contributed by atoms with Gasteiger partial charge in [0, 0.05) is 19.6 Å². The number of methoxy groups -OCH3 is 2. The minimum absolute atomic E-state index is 0.0941. The summed E-state index contributed by atoms with van der Waals surface area (Å²) in [5.74, 6) is 0.675. The topological polar surface area (TPSA) is 18.5 Å². The Balaban J connectivity index is 4.56. The summed E-state index contributed by atoms with van der Waals surface area (Å²) in [6, 6.07) is 0. The van der Waals surface area contributed by atoms with Gasteiger partial charge < -0.3 is 9.47 Å². The van der Waals surface area contributed by atoms with Gasteiger partial charge in [-0.2, -0.15) is 0 Å². The third-order valence-electron chi connectivity index (χ3n) is 2.93. The van der Waals surface area contributed by atoms with Gasteiger partial charge in [-0.05, 0) is 12.3 Å². The van der Waals surface area contributed by atoms with Crippen LogP contribution in [0.4, 0.5) is 0 Å². The molecule has 0 aliphatic rings. The molecular weight excluding hydrogens is 180 g/mol. The highest BCUT2D eigenvalue weighted by Crippen LogP contribution is 2.37. The van der Waals surface area contributed by atoms with Crippen molar-refractivity contribution < 1.29 is 9.47 Å². The zero-order valence-corrected chi connectivity index (χ0v) is 12.1. The Morgan fingerprint density at radius 3 is 1.77 bits per heavy atom. The van der Waals surface area contributed by atoms with Gasteiger partial charge in [0.1, 0.15) is 5.41 Å². The molecule has 13 heavy (non-hydrogen) atoms. The molecule has 0 rings (SSSR count). The predicted molar refractivity (Wildman–Crippen MR) is 59.9 cm³/mol. The van der Waals surface area contributed by atoms with Crippen molar-refractivity contribution in [3.8, 4) is 0 Å². The van der Waals surface area contributed by atoms with Crippen molar-refractivity contribution in [2.45, 2.75) is 39.5 Å². The standard InChI is InChI=1S/C10H24O2Si/c1-8(2)7-9(3,4)10(13,11-5)12-6/h8H,7H2,1-6,13H3. The van der Waals surface area contributed by atoms with Crippen LogP contribution in [0.1, 0.15) is 34.1 Å². The monoisotopic (exact) mass is 204 g/mol. The molecule has 0 aromatic carbocycles. The van der Waals surface area contributed by atoms with Crippen molar-refractivity contribution in [2.24, 2.45) is 11.3 Å². The van der Waals surface area contributed by atoms with Gasteiger partial charge in [-0.15, -0.1) is 0 Å². The smallest absolute Gasteiger partial charge is 0.145 e. The molecule has 0 saturated carbocycles. The van der Waals surface area contributed by atoms with Gasteiger partial charge in [-0.1, -0.05) is 27.7 Å². The molecular formula is C10H24O2Si. The largest absolute Gasteiger partial charge is 0.358 e. The summed E-state index contributed by atoms with van der Waals surface area (Å²) in [7, 11) is 4.36. The molecule has 0 atom stereocenters. The molecule has 0 heterocycles. The van der Waals surface area contributed by atoms with Crippen LogP contribution in [0.15, 0.2) is 0 Å². The van der Waals surface area contributed by atoms with Crippen LogP contribution in [-0.2, 0) is 9.47 Å². The fraction of sp³-hybridized carbons (Fsp3) is 1.00. The molecule has 0 saturated heterocycles. The first kappa shape index (κ1) is 13.1. The molecule has 2 nitrogen and oxygen atoms in total. The SMILES string of the molecule is COC([SiH3])(OC)C(C)(C)CC(C)C. The lowest BCUT2D eigenvalue weighted by molar-refractivity contribution is -0.210. The number of ether oxygens (including phenoxy) is 2. The maximum Gasteiger partial charge on any atom is 0.145 e. The first-order chi connectivity index (χ1) is 5.79. The number of hydrogen-bond acceptors (Lipinski definition) is 2. The summed E-state index contributed by atoms with van der Waals surface area (Å²) in [6.07, 6.45) is 1.12.